The molecule has 1 aliphatic heterocycles. The lowest BCUT2D eigenvalue weighted by molar-refractivity contribution is 0.0949. The Kier molecular flexibility index (Phi) is 4.82. The number of benzene rings is 1. The van der Waals surface area contributed by atoms with Gasteiger partial charge in [0.15, 0.2) is 0 Å². The molecular weight excluding hydrogens is 288 g/mol. The average Bonchev–Trinajstić information content (AvgIpc) is 3.15. The maximum atomic E-state index is 12.2. The monoisotopic (exact) mass is 312 g/mol. The van der Waals surface area contributed by atoms with Gasteiger partial charge in [0.2, 0.25) is 0 Å². The van der Waals surface area contributed by atoms with Gasteiger partial charge in [-0.25, -0.2) is 0 Å². The number of rotatable bonds is 5. The number of furan rings is 1. The summed E-state index contributed by atoms with van der Waals surface area (Å²) in [6.45, 7) is 7.65. The lowest BCUT2D eigenvalue weighted by atomic mass is 10.1. The van der Waals surface area contributed by atoms with E-state index in [1.165, 1.54) is 31.5 Å². The van der Waals surface area contributed by atoms with Crippen molar-refractivity contribution in [3.05, 3.63) is 58.5 Å². The van der Waals surface area contributed by atoms with E-state index < -0.39 is 0 Å². The minimum absolute atomic E-state index is 0.0829. The first-order valence-electron chi connectivity index (χ1n) is 8.27. The van der Waals surface area contributed by atoms with Gasteiger partial charge < -0.3 is 9.73 Å². The van der Waals surface area contributed by atoms with Crippen LogP contribution in [0.25, 0.3) is 0 Å². The Balaban J connectivity index is 1.53. The van der Waals surface area contributed by atoms with E-state index in [0.717, 1.165) is 17.9 Å². The van der Waals surface area contributed by atoms with Gasteiger partial charge in [0.05, 0.1) is 5.56 Å². The summed E-state index contributed by atoms with van der Waals surface area (Å²) in [4.78, 5) is 14.7. The van der Waals surface area contributed by atoms with Crippen LogP contribution in [-0.2, 0) is 13.1 Å². The molecule has 0 aliphatic carbocycles. The molecule has 122 valence electrons. The number of carbonyl (C=O) groups excluding carboxylic acids is 1. The van der Waals surface area contributed by atoms with Gasteiger partial charge in [-0.2, -0.15) is 0 Å². The van der Waals surface area contributed by atoms with Gasteiger partial charge in [0.1, 0.15) is 11.5 Å². The van der Waals surface area contributed by atoms with Crippen LogP contribution in [0.4, 0.5) is 0 Å². The molecule has 1 aliphatic rings. The van der Waals surface area contributed by atoms with E-state index in [0.29, 0.717) is 17.9 Å². The van der Waals surface area contributed by atoms with E-state index in [-0.39, 0.29) is 5.91 Å². The van der Waals surface area contributed by atoms with Crippen molar-refractivity contribution in [1.29, 1.82) is 0 Å². The third kappa shape index (κ3) is 4.02. The second-order valence-corrected chi connectivity index (χ2v) is 6.31. The highest BCUT2D eigenvalue weighted by atomic mass is 16.3. The van der Waals surface area contributed by atoms with Crippen LogP contribution in [0.5, 0.6) is 0 Å². The van der Waals surface area contributed by atoms with Crippen molar-refractivity contribution in [1.82, 2.24) is 10.2 Å². The third-order valence-corrected chi connectivity index (χ3v) is 4.37. The van der Waals surface area contributed by atoms with Gasteiger partial charge in [-0.15, -0.1) is 0 Å². The quantitative estimate of drug-likeness (QED) is 0.920. The lowest BCUT2D eigenvalue weighted by Gasteiger charge is -2.14. The molecule has 1 aromatic carbocycles. The molecule has 0 radical (unpaired) electrons. The molecule has 23 heavy (non-hydrogen) atoms. The van der Waals surface area contributed by atoms with Gasteiger partial charge in [0, 0.05) is 13.1 Å². The first-order chi connectivity index (χ1) is 11.1. The Morgan fingerprint density at radius 1 is 1.13 bits per heavy atom. The molecule has 1 amide bonds. The van der Waals surface area contributed by atoms with Crippen molar-refractivity contribution < 1.29 is 9.21 Å². The predicted molar refractivity (Wildman–Crippen MR) is 90.3 cm³/mol. The number of aryl methyl sites for hydroxylation is 2. The maximum Gasteiger partial charge on any atom is 0.255 e. The average molecular weight is 312 g/mol. The van der Waals surface area contributed by atoms with Gasteiger partial charge in [-0.1, -0.05) is 24.3 Å². The van der Waals surface area contributed by atoms with E-state index >= 15 is 0 Å². The van der Waals surface area contributed by atoms with Gasteiger partial charge in [0.25, 0.3) is 5.91 Å². The topological polar surface area (TPSA) is 45.5 Å². The fraction of sp³-hybridized carbons (Fsp3) is 0.421. The molecule has 0 spiro atoms. The van der Waals surface area contributed by atoms with E-state index in [2.05, 4.69) is 34.5 Å². The molecule has 3 rings (SSSR count). The van der Waals surface area contributed by atoms with Crippen LogP contribution in [-0.4, -0.2) is 23.9 Å². The summed E-state index contributed by atoms with van der Waals surface area (Å²) in [5, 5.41) is 2.95. The fourth-order valence-corrected chi connectivity index (χ4v) is 3.10. The molecular formula is C19H24N2O2. The highest BCUT2D eigenvalue weighted by Gasteiger charge is 2.13. The van der Waals surface area contributed by atoms with Crippen LogP contribution >= 0.6 is 0 Å². The molecule has 1 aromatic heterocycles. The lowest BCUT2D eigenvalue weighted by Crippen LogP contribution is -2.23. The van der Waals surface area contributed by atoms with Crippen molar-refractivity contribution in [3.63, 3.8) is 0 Å². The number of hydrogen-bond acceptors (Lipinski definition) is 3. The van der Waals surface area contributed by atoms with Crippen LogP contribution in [0.2, 0.25) is 0 Å². The molecule has 1 fully saturated rings. The number of likely N-dealkylation sites (tertiary alicyclic amines) is 1. The second-order valence-electron chi connectivity index (χ2n) is 6.31. The van der Waals surface area contributed by atoms with Crippen LogP contribution in [0.15, 0.2) is 34.7 Å². The summed E-state index contributed by atoms with van der Waals surface area (Å²) < 4.78 is 5.40. The normalized spacial score (nSPS) is 15.0. The van der Waals surface area contributed by atoms with E-state index in [9.17, 15) is 4.79 Å². The summed E-state index contributed by atoms with van der Waals surface area (Å²) in [6.07, 6.45) is 2.63. The van der Waals surface area contributed by atoms with Crippen molar-refractivity contribution in [2.45, 2.75) is 39.8 Å². The Labute approximate surface area is 137 Å². The molecule has 4 nitrogen and oxygen atoms in total. The molecule has 0 atom stereocenters. The first-order valence-corrected chi connectivity index (χ1v) is 8.27. The van der Waals surface area contributed by atoms with Crippen molar-refractivity contribution in [3.8, 4) is 0 Å². The Bertz CT molecular complexity index is 667. The standard InChI is InChI=1S/C19H24N2O2/c1-14-11-18(15(2)23-14)19(22)20-12-16-5-7-17(8-6-16)13-21-9-3-4-10-21/h5-8,11H,3-4,9-10,12-13H2,1-2H3,(H,20,22). The number of nitrogens with zero attached hydrogens (tertiary/aromatic N) is 1. The van der Waals surface area contributed by atoms with Crippen LogP contribution in [0, 0.1) is 13.8 Å². The summed E-state index contributed by atoms with van der Waals surface area (Å²) >= 11 is 0. The van der Waals surface area contributed by atoms with Gasteiger partial charge in [-0.05, 0) is 57.0 Å². The molecule has 4 heteroatoms. The summed E-state index contributed by atoms with van der Waals surface area (Å²) in [5.74, 6) is 1.35. The zero-order valence-corrected chi connectivity index (χ0v) is 13.9. The van der Waals surface area contributed by atoms with Crippen molar-refractivity contribution >= 4 is 5.91 Å². The first kappa shape index (κ1) is 15.8. The van der Waals surface area contributed by atoms with Crippen LogP contribution in [0.3, 0.4) is 0 Å². The maximum absolute atomic E-state index is 12.2. The molecule has 1 saturated heterocycles. The Morgan fingerprint density at radius 3 is 2.39 bits per heavy atom. The number of amides is 1. The second kappa shape index (κ2) is 7.01. The molecule has 0 unspecified atom stereocenters. The molecule has 0 bridgehead atoms. The minimum Gasteiger partial charge on any atom is -0.466 e. The molecule has 0 saturated carbocycles. The molecule has 2 aromatic rings. The Morgan fingerprint density at radius 2 is 1.78 bits per heavy atom. The SMILES string of the molecule is Cc1cc(C(=O)NCc2ccc(CN3CCCC3)cc2)c(C)o1. The highest BCUT2D eigenvalue weighted by molar-refractivity contribution is 5.95. The van der Waals surface area contributed by atoms with Crippen LogP contribution in [0.1, 0.15) is 45.8 Å². The predicted octanol–water partition coefficient (Wildman–Crippen LogP) is 3.42. The zero-order chi connectivity index (χ0) is 16.2. The van der Waals surface area contributed by atoms with E-state index in [1.54, 1.807) is 6.07 Å². The van der Waals surface area contributed by atoms with Crippen LogP contribution < -0.4 is 5.32 Å². The summed E-state index contributed by atoms with van der Waals surface area (Å²) in [5.41, 5.74) is 3.07. The van der Waals surface area contributed by atoms with E-state index in [1.807, 2.05) is 13.8 Å². The minimum atomic E-state index is -0.0829. The fourth-order valence-electron chi connectivity index (χ4n) is 3.10. The zero-order valence-electron chi connectivity index (χ0n) is 13.9. The van der Waals surface area contributed by atoms with Gasteiger partial charge >= 0.3 is 0 Å². The summed E-state index contributed by atoms with van der Waals surface area (Å²) in [6, 6.07) is 10.3. The number of nitrogens with one attached hydrogen (secondary N) is 1. The molecule has 1 N–H and O–H groups in total. The largest absolute Gasteiger partial charge is 0.466 e. The van der Waals surface area contributed by atoms with Crippen molar-refractivity contribution in [2.24, 2.45) is 0 Å². The summed E-state index contributed by atoms with van der Waals surface area (Å²) in [7, 11) is 0. The smallest absolute Gasteiger partial charge is 0.255 e. The molecule has 2 heterocycles. The van der Waals surface area contributed by atoms with E-state index in [4.69, 9.17) is 4.42 Å². The number of carbonyl (C=O) groups is 1. The van der Waals surface area contributed by atoms with Crippen molar-refractivity contribution in [2.75, 3.05) is 13.1 Å². The Hall–Kier alpha value is -2.07. The number of hydrogen-bond donors (Lipinski definition) is 1. The third-order valence-electron chi connectivity index (χ3n) is 4.37. The highest BCUT2D eigenvalue weighted by Crippen LogP contribution is 2.15. The van der Waals surface area contributed by atoms with Gasteiger partial charge in [-0.3, -0.25) is 9.69 Å².